The van der Waals surface area contributed by atoms with E-state index in [1.54, 1.807) is 193 Å². The van der Waals surface area contributed by atoms with Gasteiger partial charge < -0.3 is 0 Å². The van der Waals surface area contributed by atoms with E-state index in [1.807, 2.05) is 0 Å². The van der Waals surface area contributed by atoms with E-state index in [4.69, 9.17) is 0 Å². The lowest BCUT2D eigenvalue weighted by molar-refractivity contribution is -0.290. The van der Waals surface area contributed by atoms with Gasteiger partial charge in [-0.2, -0.15) is 0 Å². The molecule has 0 unspecified atom stereocenters. The van der Waals surface area contributed by atoms with E-state index < -0.39 is 0 Å². The summed E-state index contributed by atoms with van der Waals surface area (Å²) >= 11 is 0. The summed E-state index contributed by atoms with van der Waals surface area (Å²) in [4.78, 5) is 7.65. The lowest BCUT2D eigenvalue weighted by atomic mass is 9.42. The van der Waals surface area contributed by atoms with Crippen LogP contribution in [0.15, 0.2) is 0 Å². The molecule has 2 nitrogen and oxygen atoms in total. The first-order valence-electron chi connectivity index (χ1n) is 24.9. The van der Waals surface area contributed by atoms with Gasteiger partial charge in [-0.1, -0.05) is 0 Å². The molecule has 0 aromatic carbocycles. The van der Waals surface area contributed by atoms with E-state index in [1.165, 1.54) is 0 Å². The van der Waals surface area contributed by atoms with Crippen LogP contribution in [-0.4, -0.2) is 43.0 Å². The topological polar surface area (TPSA) is 6.48 Å². The molecule has 0 N–H and O–H groups in total. The quantitative estimate of drug-likeness (QED) is 0.272. The van der Waals surface area contributed by atoms with Crippen LogP contribution in [0.4, 0.5) is 0 Å². The number of hydrogen-bond acceptors (Lipinski definition) is 2. The molecular formula is C50H74N2. The summed E-state index contributed by atoms with van der Waals surface area (Å²) in [6.07, 6.45) is 49.0. The minimum Gasteiger partial charge on any atom is -0.286 e. The van der Waals surface area contributed by atoms with Crippen LogP contribution < -0.4 is 0 Å². The third-order valence-corrected chi connectivity index (χ3v) is 22.9. The third kappa shape index (κ3) is 3.95. The van der Waals surface area contributed by atoms with Crippen molar-refractivity contribution in [1.82, 2.24) is 9.80 Å². The maximum atomic E-state index is 3.83. The Morgan fingerprint density at radius 2 is 0.346 bits per heavy atom. The van der Waals surface area contributed by atoms with Crippen molar-refractivity contribution in [2.75, 3.05) is 0 Å². The van der Waals surface area contributed by atoms with Crippen LogP contribution in [0, 0.1) is 82.9 Å². The van der Waals surface area contributed by atoms with Crippen molar-refractivity contribution in [2.45, 2.75) is 226 Å². The van der Waals surface area contributed by atoms with E-state index in [0.717, 1.165) is 82.9 Å². The second kappa shape index (κ2) is 9.78. The van der Waals surface area contributed by atoms with Crippen LogP contribution in [0.1, 0.15) is 193 Å². The summed E-state index contributed by atoms with van der Waals surface area (Å²) in [5.74, 6) is 15.1. The SMILES string of the molecule is C1C2CC3CC1CC(N(C14CC5CC(CC(C5)C1)C4)C14CC5CC(C1)CC(N(C16CC7CC(CC(C7)C1)C6)C16CC7CC(CC(C7)C1)C6)(C5)C4)(C2)C3. The molecule has 0 amide bonds. The molecule has 20 bridgehead atoms. The molecule has 0 aromatic rings. The Bertz CT molecular complexity index is 1200. The molecule has 0 heterocycles. The van der Waals surface area contributed by atoms with Crippen LogP contribution in [-0.2, 0) is 0 Å². The van der Waals surface area contributed by atoms with Gasteiger partial charge in [-0.25, -0.2) is 0 Å². The highest BCUT2D eigenvalue weighted by molar-refractivity contribution is 5.29. The molecule has 20 aliphatic rings. The lowest BCUT2D eigenvalue weighted by Gasteiger charge is -2.80. The van der Waals surface area contributed by atoms with Crippen molar-refractivity contribution in [3.8, 4) is 0 Å². The summed E-state index contributed by atoms with van der Waals surface area (Å²) in [5, 5.41) is 0. The Hall–Kier alpha value is -0.0800. The summed E-state index contributed by atoms with van der Waals surface area (Å²) in [7, 11) is 0. The molecule has 20 saturated carbocycles. The molecule has 0 radical (unpaired) electrons. The maximum absolute atomic E-state index is 3.83. The van der Waals surface area contributed by atoms with Crippen molar-refractivity contribution < 1.29 is 0 Å². The fourth-order valence-corrected chi connectivity index (χ4v) is 25.1. The van der Waals surface area contributed by atoms with E-state index in [-0.39, 0.29) is 0 Å². The van der Waals surface area contributed by atoms with Gasteiger partial charge in [0, 0.05) is 33.2 Å². The summed E-state index contributed by atoms with van der Waals surface area (Å²) in [5.41, 5.74) is 3.40. The second-order valence-electron chi connectivity index (χ2n) is 26.6. The largest absolute Gasteiger partial charge is 0.286 e. The summed E-state index contributed by atoms with van der Waals surface area (Å²) in [6.45, 7) is 0. The molecule has 20 rings (SSSR count). The second-order valence-corrected chi connectivity index (χ2v) is 26.6. The molecule has 0 aromatic heterocycles. The van der Waals surface area contributed by atoms with Gasteiger partial charge in [0.25, 0.3) is 0 Å². The van der Waals surface area contributed by atoms with Crippen LogP contribution >= 0.6 is 0 Å². The van der Waals surface area contributed by atoms with Gasteiger partial charge in [0.15, 0.2) is 0 Å². The van der Waals surface area contributed by atoms with Gasteiger partial charge in [0.05, 0.1) is 0 Å². The van der Waals surface area contributed by atoms with Gasteiger partial charge in [-0.15, -0.1) is 0 Å². The average molecular weight is 703 g/mol. The summed E-state index contributed by atoms with van der Waals surface area (Å²) in [6, 6.07) is 0. The van der Waals surface area contributed by atoms with Crippen molar-refractivity contribution in [2.24, 2.45) is 82.9 Å². The van der Waals surface area contributed by atoms with Crippen LogP contribution in [0.25, 0.3) is 0 Å². The molecule has 2 heteroatoms. The summed E-state index contributed by atoms with van der Waals surface area (Å²) < 4.78 is 0. The fraction of sp³-hybridized carbons (Fsp3) is 1.00. The number of rotatable bonds is 6. The molecule has 0 aliphatic heterocycles. The van der Waals surface area contributed by atoms with Crippen molar-refractivity contribution >= 4 is 0 Å². The number of hydrogen-bond donors (Lipinski definition) is 0. The molecule has 284 valence electrons. The monoisotopic (exact) mass is 703 g/mol. The van der Waals surface area contributed by atoms with Crippen LogP contribution in [0.5, 0.6) is 0 Å². The highest BCUT2D eigenvalue weighted by atomic mass is 15.4. The third-order valence-electron chi connectivity index (χ3n) is 22.9. The fourth-order valence-electron chi connectivity index (χ4n) is 25.1. The Morgan fingerprint density at radius 3 is 0.538 bits per heavy atom. The molecular weight excluding hydrogens is 629 g/mol. The van der Waals surface area contributed by atoms with Gasteiger partial charge in [-0.3, -0.25) is 9.80 Å². The van der Waals surface area contributed by atoms with Gasteiger partial charge in [0.1, 0.15) is 0 Å². The first-order valence-corrected chi connectivity index (χ1v) is 24.9. The zero-order valence-corrected chi connectivity index (χ0v) is 33.2. The normalized spacial score (nSPS) is 66.1. The smallest absolute Gasteiger partial charge is 0.0243 e. The highest BCUT2D eigenvalue weighted by Crippen LogP contribution is 2.74. The highest BCUT2D eigenvalue weighted by Gasteiger charge is 2.74. The minimum atomic E-state index is 0.532. The molecule has 20 fully saturated rings. The molecule has 52 heavy (non-hydrogen) atoms. The molecule has 0 spiro atoms. The van der Waals surface area contributed by atoms with E-state index >= 15 is 0 Å². The maximum Gasteiger partial charge on any atom is 0.0243 e. The van der Waals surface area contributed by atoms with Crippen molar-refractivity contribution in [1.29, 1.82) is 0 Å². The Labute approximate surface area is 317 Å². The van der Waals surface area contributed by atoms with Gasteiger partial charge >= 0.3 is 0 Å². The zero-order chi connectivity index (χ0) is 33.5. The van der Waals surface area contributed by atoms with Crippen molar-refractivity contribution in [3.05, 3.63) is 0 Å². The lowest BCUT2D eigenvalue weighted by Crippen LogP contribution is -2.83. The van der Waals surface area contributed by atoms with Gasteiger partial charge in [0.2, 0.25) is 0 Å². The molecule has 0 saturated heterocycles. The minimum absolute atomic E-state index is 0.532. The van der Waals surface area contributed by atoms with Crippen molar-refractivity contribution in [3.63, 3.8) is 0 Å². The Balaban J connectivity index is 0.917. The van der Waals surface area contributed by atoms with Crippen LogP contribution in [0.3, 0.4) is 0 Å². The predicted molar refractivity (Wildman–Crippen MR) is 207 cm³/mol. The van der Waals surface area contributed by atoms with Crippen LogP contribution in [0.2, 0.25) is 0 Å². The molecule has 20 aliphatic carbocycles. The number of nitrogens with zero attached hydrogens (tertiary/aromatic N) is 2. The van der Waals surface area contributed by atoms with Gasteiger partial charge in [-0.05, 0) is 275 Å². The first-order chi connectivity index (χ1) is 25.2. The first kappa shape index (κ1) is 31.0. The zero-order valence-electron chi connectivity index (χ0n) is 33.2. The van der Waals surface area contributed by atoms with E-state index in [9.17, 15) is 0 Å². The molecule has 0 atom stereocenters. The van der Waals surface area contributed by atoms with E-state index in [2.05, 4.69) is 9.80 Å². The Kier molecular flexibility index (Phi) is 5.83. The standard InChI is InChI=1S/C50H74N2/c1-31-2-33-3-32(1)15-45(14-31,16-33)51(46-17-34-4-35(18-46)6-36(5-34)19-46)49-26-43-13-44(27-49)29-50(28-43,30-49)52(47-20-37-7-38(21-47)9-39(8-37)22-47)48-23-40-10-41(24-48)12-42(11-40)25-48/h31-44H,1-30H2. The predicted octanol–water partition coefficient (Wildman–Crippen LogP) is 11.6. The van der Waals surface area contributed by atoms with E-state index in [0.29, 0.717) is 33.2 Å². The Morgan fingerprint density at radius 1 is 0.192 bits per heavy atom. The average Bonchev–Trinajstić information content (AvgIpc) is 3.00.